The van der Waals surface area contributed by atoms with Crippen molar-refractivity contribution >= 4 is 16.0 Å². The van der Waals surface area contributed by atoms with Crippen molar-refractivity contribution in [1.29, 1.82) is 0 Å². The van der Waals surface area contributed by atoms with Crippen LogP contribution in [0.2, 0.25) is 0 Å². The minimum absolute atomic E-state index is 0.238. The third-order valence-corrected chi connectivity index (χ3v) is 2.78. The van der Waals surface area contributed by atoms with Crippen LogP contribution in [0.3, 0.4) is 0 Å². The molecule has 84 valence electrons. The van der Waals surface area contributed by atoms with Crippen molar-refractivity contribution < 1.29 is 23.1 Å². The maximum absolute atomic E-state index is 11.1. The predicted octanol–water partition coefficient (Wildman–Crippen LogP) is 0.154. The van der Waals surface area contributed by atoms with Crippen LogP contribution in [0.15, 0.2) is 23.8 Å². The Morgan fingerprint density at radius 3 is 2.93 bits per heavy atom. The van der Waals surface area contributed by atoms with Gasteiger partial charge in [0.25, 0.3) is 0 Å². The van der Waals surface area contributed by atoms with E-state index < -0.39 is 22.2 Å². The molecule has 1 aliphatic rings. The van der Waals surface area contributed by atoms with Gasteiger partial charge in [0.15, 0.2) is 6.23 Å². The van der Waals surface area contributed by atoms with E-state index in [4.69, 9.17) is 9.84 Å². The molecule has 7 heteroatoms. The monoisotopic (exact) mass is 233 g/mol. The molecule has 0 spiro atoms. The summed E-state index contributed by atoms with van der Waals surface area (Å²) in [6, 6.07) is 0. The van der Waals surface area contributed by atoms with Crippen molar-refractivity contribution in [3.63, 3.8) is 0 Å². The summed E-state index contributed by atoms with van der Waals surface area (Å²) in [6.45, 7) is 3.12. The van der Waals surface area contributed by atoms with E-state index in [1.54, 1.807) is 0 Å². The Labute approximate surface area is 87.3 Å². The highest BCUT2D eigenvalue weighted by Gasteiger charge is 2.23. The molecule has 0 saturated carbocycles. The lowest BCUT2D eigenvalue weighted by Crippen LogP contribution is -2.37. The summed E-state index contributed by atoms with van der Waals surface area (Å²) in [6.07, 6.45) is 1.40. The number of nitrogens with one attached hydrogen (secondary N) is 1. The molecule has 2 N–H and O–H groups in total. The Balaban J connectivity index is 2.66. The van der Waals surface area contributed by atoms with Gasteiger partial charge in [0.1, 0.15) is 0 Å². The first-order valence-corrected chi connectivity index (χ1v) is 5.74. The average molecular weight is 233 g/mol. The molecule has 0 aromatic carbocycles. The summed E-state index contributed by atoms with van der Waals surface area (Å²) < 4.78 is 29.2. The number of sulfonamides is 1. The van der Waals surface area contributed by atoms with Crippen molar-refractivity contribution in [3.05, 3.63) is 23.8 Å². The van der Waals surface area contributed by atoms with Crippen molar-refractivity contribution in [3.8, 4) is 0 Å². The lowest BCUT2D eigenvalue weighted by atomic mass is 10.2. The summed E-state index contributed by atoms with van der Waals surface area (Å²) in [4.78, 5) is 10.5. The smallest absolute Gasteiger partial charge is 0.370 e. The number of hydrogen-bond donors (Lipinski definition) is 2. The van der Waals surface area contributed by atoms with Gasteiger partial charge in [0, 0.05) is 11.8 Å². The predicted molar refractivity (Wildman–Crippen MR) is 52.1 cm³/mol. The Morgan fingerprint density at radius 2 is 2.40 bits per heavy atom. The van der Waals surface area contributed by atoms with E-state index in [0.717, 1.165) is 5.41 Å². The molecule has 0 aliphatic carbocycles. The Hall–Kier alpha value is -1.34. The average Bonchev–Trinajstić information content (AvgIpc) is 2.17. The highest BCUT2D eigenvalue weighted by Crippen LogP contribution is 2.15. The van der Waals surface area contributed by atoms with Gasteiger partial charge < -0.3 is 9.84 Å². The summed E-state index contributed by atoms with van der Waals surface area (Å²) in [7, 11) is -3.60. The van der Waals surface area contributed by atoms with Gasteiger partial charge in [-0.3, -0.25) is 0 Å². The summed E-state index contributed by atoms with van der Waals surface area (Å²) in [5, 5.41) is 9.37. The van der Waals surface area contributed by atoms with Crippen LogP contribution in [0.1, 0.15) is 12.8 Å². The molecular formula is C8H11NO5S. The van der Waals surface area contributed by atoms with E-state index in [1.165, 1.54) is 6.08 Å². The second-order valence-electron chi connectivity index (χ2n) is 2.89. The molecular weight excluding hydrogens is 222 g/mol. The first kappa shape index (κ1) is 11.7. The molecule has 0 saturated heterocycles. The van der Waals surface area contributed by atoms with Gasteiger partial charge in [0.05, 0.1) is 0 Å². The topological polar surface area (TPSA) is 92.7 Å². The number of carbonyl (C=O) groups is 1. The molecule has 0 bridgehead atoms. The molecule has 0 aromatic heterocycles. The van der Waals surface area contributed by atoms with Crippen LogP contribution in [0.25, 0.3) is 0 Å². The van der Waals surface area contributed by atoms with Gasteiger partial charge in [-0.1, -0.05) is 6.58 Å². The molecule has 0 fully saturated rings. The molecule has 1 rings (SSSR count). The number of ether oxygens (including phenoxy) is 1. The van der Waals surface area contributed by atoms with Gasteiger partial charge in [-0.15, -0.1) is 0 Å². The van der Waals surface area contributed by atoms with Crippen LogP contribution in [-0.2, 0) is 19.6 Å². The van der Waals surface area contributed by atoms with Crippen molar-refractivity contribution in [2.24, 2.45) is 0 Å². The molecule has 1 unspecified atom stereocenters. The lowest BCUT2D eigenvalue weighted by molar-refractivity contribution is -0.138. The van der Waals surface area contributed by atoms with Crippen LogP contribution in [-0.4, -0.2) is 25.7 Å². The molecule has 15 heavy (non-hydrogen) atoms. The van der Waals surface area contributed by atoms with E-state index in [-0.39, 0.29) is 5.76 Å². The first-order valence-electron chi connectivity index (χ1n) is 4.19. The third-order valence-electron chi connectivity index (χ3n) is 1.75. The van der Waals surface area contributed by atoms with Gasteiger partial charge in [-0.05, 0) is 12.5 Å². The van der Waals surface area contributed by atoms with Crippen LogP contribution < -0.4 is 4.72 Å². The molecule has 1 atom stereocenters. The maximum atomic E-state index is 11.1. The lowest BCUT2D eigenvalue weighted by Gasteiger charge is -2.22. The largest absolute Gasteiger partial charge is 0.475 e. The van der Waals surface area contributed by atoms with Gasteiger partial charge >= 0.3 is 5.97 Å². The second-order valence-corrected chi connectivity index (χ2v) is 4.55. The van der Waals surface area contributed by atoms with Gasteiger partial charge in [0.2, 0.25) is 15.8 Å². The number of carboxylic acid groups (broad SMARTS) is 1. The molecule has 0 amide bonds. The molecule has 0 radical (unpaired) electrons. The standard InChI is InChI=1S/C8H11NO5S/c1-2-15(12,13)9-7-5-3-4-6(14-7)8(10)11/h2,4,7,9H,1,3,5H2,(H,10,11). The quantitative estimate of drug-likeness (QED) is 0.721. The summed E-state index contributed by atoms with van der Waals surface area (Å²) >= 11 is 0. The van der Waals surface area contributed by atoms with E-state index in [0.29, 0.717) is 12.8 Å². The Bertz CT molecular complexity index is 397. The minimum Gasteiger partial charge on any atom is -0.475 e. The van der Waals surface area contributed by atoms with Crippen LogP contribution in [0.5, 0.6) is 0 Å². The summed E-state index contributed by atoms with van der Waals surface area (Å²) in [5.41, 5.74) is 0. The fraction of sp³-hybridized carbons (Fsp3) is 0.375. The number of aliphatic carboxylic acids is 1. The molecule has 1 aliphatic heterocycles. The van der Waals surface area contributed by atoms with E-state index in [1.807, 2.05) is 0 Å². The van der Waals surface area contributed by atoms with Crippen molar-refractivity contribution in [2.45, 2.75) is 19.1 Å². The van der Waals surface area contributed by atoms with Crippen LogP contribution in [0, 0.1) is 0 Å². The highest BCUT2D eigenvalue weighted by molar-refractivity contribution is 7.92. The van der Waals surface area contributed by atoms with E-state index in [2.05, 4.69) is 11.3 Å². The Kier molecular flexibility index (Phi) is 3.48. The molecule has 6 nitrogen and oxygen atoms in total. The maximum Gasteiger partial charge on any atom is 0.370 e. The second kappa shape index (κ2) is 4.45. The van der Waals surface area contributed by atoms with Crippen LogP contribution >= 0.6 is 0 Å². The summed E-state index contributed by atoms with van der Waals surface area (Å²) in [5.74, 6) is -1.45. The Morgan fingerprint density at radius 1 is 1.73 bits per heavy atom. The fourth-order valence-corrected chi connectivity index (χ4v) is 1.71. The number of allylic oxidation sites excluding steroid dienone is 1. The zero-order valence-electron chi connectivity index (χ0n) is 7.84. The molecule has 0 aromatic rings. The first-order chi connectivity index (χ1) is 6.94. The van der Waals surface area contributed by atoms with E-state index >= 15 is 0 Å². The van der Waals surface area contributed by atoms with Gasteiger partial charge in [-0.2, -0.15) is 4.72 Å². The fourth-order valence-electron chi connectivity index (χ4n) is 1.08. The number of carboxylic acids is 1. The normalized spacial score (nSPS) is 21.3. The zero-order valence-corrected chi connectivity index (χ0v) is 8.66. The van der Waals surface area contributed by atoms with E-state index in [9.17, 15) is 13.2 Å². The van der Waals surface area contributed by atoms with Crippen LogP contribution in [0.4, 0.5) is 0 Å². The zero-order chi connectivity index (χ0) is 11.5. The van der Waals surface area contributed by atoms with Crippen molar-refractivity contribution in [1.82, 2.24) is 4.72 Å². The third kappa shape index (κ3) is 3.37. The number of hydrogen-bond acceptors (Lipinski definition) is 4. The minimum atomic E-state index is -3.60. The van der Waals surface area contributed by atoms with Crippen molar-refractivity contribution in [2.75, 3.05) is 0 Å². The SMILES string of the molecule is C=CS(=O)(=O)NC1CCC=C(C(=O)O)O1. The highest BCUT2D eigenvalue weighted by atomic mass is 32.2. The van der Waals surface area contributed by atoms with Gasteiger partial charge in [-0.25, -0.2) is 13.2 Å². The number of rotatable bonds is 4. The molecule has 1 heterocycles.